The molecule has 1 aromatic rings. The van der Waals surface area contributed by atoms with Crippen molar-refractivity contribution in [1.29, 1.82) is 0 Å². The number of hydrogen-bond acceptors (Lipinski definition) is 1. The van der Waals surface area contributed by atoms with Gasteiger partial charge in [-0.3, -0.25) is 4.79 Å². The van der Waals surface area contributed by atoms with Crippen LogP contribution in [0.15, 0.2) is 18.2 Å². The van der Waals surface area contributed by atoms with Gasteiger partial charge in [0.15, 0.2) is 0 Å². The number of Topliss-reactive ketones (excluding diaryl/α,β-unsaturated/α-hetero) is 1. The van der Waals surface area contributed by atoms with Crippen LogP contribution in [0.5, 0.6) is 0 Å². The van der Waals surface area contributed by atoms with Crippen LogP contribution in [-0.4, -0.2) is 13.9 Å². The smallest absolute Gasteiger partial charge is 0.139 e. The molecule has 3 aliphatic rings. The molecule has 1 nitrogen and oxygen atoms in total. The third-order valence-electron chi connectivity index (χ3n) is 7.30. The first-order chi connectivity index (χ1) is 10.8. The first-order valence-electron chi connectivity index (χ1n) is 9.47. The Hall–Kier alpha value is -0.893. The molecule has 0 amide bonds. The average molecular weight is 327 g/mol. The van der Waals surface area contributed by atoms with Crippen LogP contribution in [0.1, 0.15) is 56.1 Å². The Bertz CT molecular complexity index is 656. The fourth-order valence-corrected chi connectivity index (χ4v) is 7.01. The minimum Gasteiger partial charge on any atom is -0.299 e. The van der Waals surface area contributed by atoms with Gasteiger partial charge in [0, 0.05) is 11.8 Å². The van der Waals surface area contributed by atoms with E-state index in [4.69, 9.17) is 0 Å². The molecule has 0 radical (unpaired) electrons. The quantitative estimate of drug-likeness (QED) is 0.686. The van der Waals surface area contributed by atoms with Gasteiger partial charge in [-0.25, -0.2) is 0 Å². The number of fused-ring (bicyclic) bond motifs is 5. The summed E-state index contributed by atoms with van der Waals surface area (Å²) in [7, 11) is -1.22. The molecule has 1 aromatic carbocycles. The maximum atomic E-state index is 12.4. The fourth-order valence-electron chi connectivity index (χ4n) is 5.82. The van der Waals surface area contributed by atoms with Gasteiger partial charge in [-0.15, -0.1) is 0 Å². The number of ketones is 1. The molecule has 2 heteroatoms. The standard InChI is InChI=1S/C21H30OSi/c1-21-12-11-17-16-8-6-15(23(2,3)4)13-14(16)5-7-18(17)19(21)9-10-20(21)22/h6,8,13,17-19H,5,7,9-12H2,1-4H3/t17-,18-,19+,21+/m1/s1. The molecule has 0 unspecified atom stereocenters. The Labute approximate surface area is 141 Å². The van der Waals surface area contributed by atoms with E-state index in [-0.39, 0.29) is 5.41 Å². The van der Waals surface area contributed by atoms with E-state index in [1.165, 1.54) is 19.3 Å². The first kappa shape index (κ1) is 15.6. The number of aryl methyl sites for hydroxylation is 1. The van der Waals surface area contributed by atoms with Gasteiger partial charge in [-0.2, -0.15) is 0 Å². The predicted octanol–water partition coefficient (Wildman–Crippen LogP) is 4.66. The van der Waals surface area contributed by atoms with Crippen LogP contribution in [0.2, 0.25) is 19.6 Å². The Morgan fingerprint density at radius 2 is 1.87 bits per heavy atom. The summed E-state index contributed by atoms with van der Waals surface area (Å²) in [5.74, 6) is 2.68. The van der Waals surface area contributed by atoms with Gasteiger partial charge in [0.2, 0.25) is 0 Å². The van der Waals surface area contributed by atoms with Crippen molar-refractivity contribution in [2.45, 2.75) is 71.0 Å². The Morgan fingerprint density at radius 3 is 2.61 bits per heavy atom. The highest BCUT2D eigenvalue weighted by Crippen LogP contribution is 2.59. The van der Waals surface area contributed by atoms with E-state index in [1.54, 1.807) is 16.3 Å². The molecule has 0 N–H and O–H groups in total. The third kappa shape index (κ3) is 2.28. The highest BCUT2D eigenvalue weighted by Gasteiger charge is 2.54. The maximum Gasteiger partial charge on any atom is 0.139 e. The van der Waals surface area contributed by atoms with Crippen LogP contribution >= 0.6 is 0 Å². The highest BCUT2D eigenvalue weighted by atomic mass is 28.3. The molecular weight excluding hydrogens is 296 g/mol. The van der Waals surface area contributed by atoms with Crippen LogP contribution in [0.25, 0.3) is 0 Å². The summed E-state index contributed by atoms with van der Waals surface area (Å²) in [5.41, 5.74) is 3.26. The molecule has 124 valence electrons. The van der Waals surface area contributed by atoms with E-state index in [2.05, 4.69) is 44.8 Å². The summed E-state index contributed by atoms with van der Waals surface area (Å²) in [6.45, 7) is 9.59. The molecule has 2 fully saturated rings. The lowest BCUT2D eigenvalue weighted by molar-refractivity contribution is -0.129. The van der Waals surface area contributed by atoms with Gasteiger partial charge in [-0.1, -0.05) is 50.0 Å². The van der Waals surface area contributed by atoms with E-state index < -0.39 is 8.07 Å². The summed E-state index contributed by atoms with van der Waals surface area (Å²) in [6.07, 6.45) is 6.87. The number of carbonyl (C=O) groups excluding carboxylic acids is 1. The molecule has 4 atom stereocenters. The average Bonchev–Trinajstić information content (AvgIpc) is 2.81. The van der Waals surface area contributed by atoms with E-state index in [0.29, 0.717) is 11.7 Å². The molecule has 4 rings (SSSR count). The fraction of sp³-hybridized carbons (Fsp3) is 0.667. The second-order valence-electron chi connectivity index (χ2n) is 9.50. The normalized spacial score (nSPS) is 36.3. The molecule has 23 heavy (non-hydrogen) atoms. The van der Waals surface area contributed by atoms with E-state index in [1.807, 2.05) is 0 Å². The maximum absolute atomic E-state index is 12.4. The van der Waals surface area contributed by atoms with Gasteiger partial charge in [-0.05, 0) is 61.0 Å². The van der Waals surface area contributed by atoms with Gasteiger partial charge in [0.1, 0.15) is 5.78 Å². The summed E-state index contributed by atoms with van der Waals surface area (Å²) in [5, 5.41) is 1.60. The minimum atomic E-state index is -1.22. The van der Waals surface area contributed by atoms with Crippen LogP contribution in [0, 0.1) is 17.3 Å². The molecule has 0 saturated heterocycles. The summed E-state index contributed by atoms with van der Waals surface area (Å²) < 4.78 is 0. The van der Waals surface area contributed by atoms with Crippen molar-refractivity contribution in [1.82, 2.24) is 0 Å². The van der Waals surface area contributed by atoms with Crippen molar-refractivity contribution >= 4 is 19.0 Å². The summed E-state index contributed by atoms with van der Waals surface area (Å²) >= 11 is 0. The third-order valence-corrected chi connectivity index (χ3v) is 9.34. The van der Waals surface area contributed by atoms with Crippen LogP contribution in [-0.2, 0) is 11.2 Å². The lowest BCUT2D eigenvalue weighted by Crippen LogP contribution is -2.43. The zero-order valence-electron chi connectivity index (χ0n) is 15.1. The van der Waals surface area contributed by atoms with Gasteiger partial charge in [0.05, 0.1) is 8.07 Å². The lowest BCUT2D eigenvalue weighted by atomic mass is 9.55. The van der Waals surface area contributed by atoms with Gasteiger partial charge in [0.25, 0.3) is 0 Å². The molecule has 2 saturated carbocycles. The van der Waals surface area contributed by atoms with E-state index in [9.17, 15) is 4.79 Å². The zero-order valence-corrected chi connectivity index (χ0v) is 16.1. The molecule has 0 spiro atoms. The largest absolute Gasteiger partial charge is 0.299 e. The Balaban J connectivity index is 1.69. The number of benzene rings is 1. The zero-order chi connectivity index (χ0) is 16.4. The van der Waals surface area contributed by atoms with Crippen LogP contribution in [0.4, 0.5) is 0 Å². The number of rotatable bonds is 1. The van der Waals surface area contributed by atoms with E-state index in [0.717, 1.165) is 31.1 Å². The second-order valence-corrected chi connectivity index (χ2v) is 14.6. The van der Waals surface area contributed by atoms with Crippen molar-refractivity contribution in [3.8, 4) is 0 Å². The van der Waals surface area contributed by atoms with Crippen LogP contribution < -0.4 is 5.19 Å². The van der Waals surface area contributed by atoms with Gasteiger partial charge < -0.3 is 0 Å². The Kier molecular flexibility index (Phi) is 3.43. The van der Waals surface area contributed by atoms with Crippen molar-refractivity contribution < 1.29 is 4.79 Å². The minimum absolute atomic E-state index is 0.0108. The van der Waals surface area contributed by atoms with Crippen molar-refractivity contribution in [3.05, 3.63) is 29.3 Å². The molecular formula is C21H30OSi. The van der Waals surface area contributed by atoms with Crippen LogP contribution in [0.3, 0.4) is 0 Å². The lowest BCUT2D eigenvalue weighted by Gasteiger charge is -2.48. The summed E-state index contributed by atoms with van der Waals surface area (Å²) in [4.78, 5) is 12.4. The Morgan fingerprint density at radius 1 is 1.09 bits per heavy atom. The summed E-state index contributed by atoms with van der Waals surface area (Å²) in [6, 6.07) is 7.41. The van der Waals surface area contributed by atoms with Gasteiger partial charge >= 0.3 is 0 Å². The number of hydrogen-bond donors (Lipinski definition) is 0. The molecule has 0 heterocycles. The molecule has 3 aliphatic carbocycles. The highest BCUT2D eigenvalue weighted by molar-refractivity contribution is 6.88. The second kappa shape index (κ2) is 5.05. The molecule has 0 aromatic heterocycles. The van der Waals surface area contributed by atoms with Crippen molar-refractivity contribution in [2.24, 2.45) is 17.3 Å². The number of carbonyl (C=O) groups is 1. The van der Waals surface area contributed by atoms with Crippen molar-refractivity contribution in [2.75, 3.05) is 0 Å². The van der Waals surface area contributed by atoms with Crippen molar-refractivity contribution in [3.63, 3.8) is 0 Å². The molecule has 0 bridgehead atoms. The van der Waals surface area contributed by atoms with E-state index >= 15 is 0 Å². The first-order valence-corrected chi connectivity index (χ1v) is 13.0. The SMILES string of the molecule is C[C@]12CC[C@@H]3c4ccc([Si](C)(C)C)cc4CC[C@H]3[C@@H]1CCC2=O. The topological polar surface area (TPSA) is 17.1 Å². The predicted molar refractivity (Wildman–Crippen MR) is 99.0 cm³/mol. The molecule has 0 aliphatic heterocycles. The monoisotopic (exact) mass is 326 g/mol.